The highest BCUT2D eigenvalue weighted by atomic mass is 32.2. The Morgan fingerprint density at radius 1 is 1.24 bits per heavy atom. The number of allylic oxidation sites excluding steroid dienone is 2. The van der Waals surface area contributed by atoms with Gasteiger partial charge in [0.1, 0.15) is 0 Å². The molecule has 0 aromatic carbocycles. The van der Waals surface area contributed by atoms with E-state index in [9.17, 15) is 4.79 Å². The number of carbonyl (C=O) groups excluding carboxylic acids is 1. The molecule has 0 aliphatic heterocycles. The van der Waals surface area contributed by atoms with Gasteiger partial charge < -0.3 is 4.43 Å². The van der Waals surface area contributed by atoms with Crippen molar-refractivity contribution >= 4 is 25.2 Å². The fourth-order valence-corrected chi connectivity index (χ4v) is 5.56. The predicted octanol–water partition coefficient (Wildman–Crippen LogP) is 7.02. The molecule has 25 heavy (non-hydrogen) atoms. The second-order valence-electron chi connectivity index (χ2n) is 9.93. The lowest BCUT2D eigenvalue weighted by Gasteiger charge is -2.27. The maximum atomic E-state index is 13.1. The minimum absolute atomic E-state index is 0.0126. The van der Waals surface area contributed by atoms with Crippen LogP contribution in [0.3, 0.4) is 0 Å². The van der Waals surface area contributed by atoms with Crippen LogP contribution in [0.15, 0.2) is 11.3 Å². The standard InChI is InChI=1S/C21H40O2SSi/c1-15(2)11-10-12-18(20(22)24-21(4,5)6)17-13-14-19(16(17)3)23-25(7,8)9/h15,17-18H,10-14H2,1-9H3/t17-,18+/m0/s1. The summed E-state index contributed by atoms with van der Waals surface area (Å²) in [6, 6.07) is 0. The molecule has 0 aromatic heterocycles. The van der Waals surface area contributed by atoms with Gasteiger partial charge in [-0.1, -0.05) is 59.2 Å². The molecule has 0 saturated carbocycles. The normalized spacial score (nSPS) is 20.3. The van der Waals surface area contributed by atoms with Gasteiger partial charge in [-0.05, 0) is 56.8 Å². The summed E-state index contributed by atoms with van der Waals surface area (Å²) in [6.45, 7) is 19.9. The van der Waals surface area contributed by atoms with Crippen LogP contribution in [-0.4, -0.2) is 18.2 Å². The topological polar surface area (TPSA) is 26.3 Å². The molecule has 2 atom stereocenters. The maximum Gasteiger partial charge on any atom is 0.241 e. The van der Waals surface area contributed by atoms with E-state index in [1.54, 1.807) is 0 Å². The summed E-state index contributed by atoms with van der Waals surface area (Å²) < 4.78 is 6.30. The molecular formula is C21H40O2SSi. The van der Waals surface area contributed by atoms with E-state index in [2.05, 4.69) is 61.2 Å². The van der Waals surface area contributed by atoms with Gasteiger partial charge in [0.15, 0.2) is 5.12 Å². The van der Waals surface area contributed by atoms with Crippen molar-refractivity contribution < 1.29 is 9.22 Å². The van der Waals surface area contributed by atoms with E-state index in [0.29, 0.717) is 17.0 Å². The molecule has 0 bridgehead atoms. The van der Waals surface area contributed by atoms with Gasteiger partial charge in [-0.15, -0.1) is 0 Å². The summed E-state index contributed by atoms with van der Waals surface area (Å²) in [5, 5.41) is 0.384. The molecule has 146 valence electrons. The number of carbonyl (C=O) groups is 1. The van der Waals surface area contributed by atoms with Gasteiger partial charge in [-0.25, -0.2) is 0 Å². The van der Waals surface area contributed by atoms with Crippen molar-refractivity contribution in [2.24, 2.45) is 17.8 Å². The Kier molecular flexibility index (Phi) is 8.32. The average Bonchev–Trinajstić information content (AvgIpc) is 2.72. The van der Waals surface area contributed by atoms with E-state index in [0.717, 1.165) is 25.7 Å². The highest BCUT2D eigenvalue weighted by Crippen LogP contribution is 2.43. The minimum atomic E-state index is -1.58. The smallest absolute Gasteiger partial charge is 0.241 e. The largest absolute Gasteiger partial charge is 0.547 e. The Bertz CT molecular complexity index is 483. The third-order valence-electron chi connectivity index (χ3n) is 4.60. The van der Waals surface area contributed by atoms with Gasteiger partial charge in [0.05, 0.1) is 5.76 Å². The van der Waals surface area contributed by atoms with Crippen LogP contribution in [0.5, 0.6) is 0 Å². The number of hydrogen-bond acceptors (Lipinski definition) is 3. The van der Waals surface area contributed by atoms with Crippen molar-refractivity contribution in [3.8, 4) is 0 Å². The van der Waals surface area contributed by atoms with Crippen molar-refractivity contribution in [3.63, 3.8) is 0 Å². The predicted molar refractivity (Wildman–Crippen MR) is 114 cm³/mol. The monoisotopic (exact) mass is 384 g/mol. The Labute approximate surface area is 161 Å². The van der Waals surface area contributed by atoms with E-state index in [1.807, 2.05) is 0 Å². The Hall–Kier alpha value is -0.223. The molecule has 0 fully saturated rings. The van der Waals surface area contributed by atoms with Crippen molar-refractivity contribution in [2.45, 2.75) is 98.0 Å². The van der Waals surface area contributed by atoms with Crippen molar-refractivity contribution in [1.82, 2.24) is 0 Å². The lowest BCUT2D eigenvalue weighted by Crippen LogP contribution is -2.26. The van der Waals surface area contributed by atoms with Gasteiger partial charge in [0.25, 0.3) is 0 Å². The molecule has 0 unspecified atom stereocenters. The number of rotatable bonds is 8. The van der Waals surface area contributed by atoms with E-state index in [-0.39, 0.29) is 10.7 Å². The van der Waals surface area contributed by atoms with Crippen LogP contribution in [0.2, 0.25) is 19.6 Å². The summed E-state index contributed by atoms with van der Waals surface area (Å²) in [4.78, 5) is 13.1. The van der Waals surface area contributed by atoms with Crippen LogP contribution in [0.1, 0.15) is 73.6 Å². The second kappa shape index (κ2) is 9.12. The lowest BCUT2D eigenvalue weighted by molar-refractivity contribution is -0.115. The third-order valence-corrected chi connectivity index (χ3v) is 6.57. The minimum Gasteiger partial charge on any atom is -0.547 e. The molecular weight excluding hydrogens is 344 g/mol. The molecule has 2 nitrogen and oxygen atoms in total. The fourth-order valence-electron chi connectivity index (χ4n) is 3.52. The van der Waals surface area contributed by atoms with Crippen LogP contribution in [0, 0.1) is 17.8 Å². The van der Waals surface area contributed by atoms with Crippen LogP contribution < -0.4 is 0 Å². The van der Waals surface area contributed by atoms with Crippen LogP contribution in [0.4, 0.5) is 0 Å². The molecule has 0 N–H and O–H groups in total. The van der Waals surface area contributed by atoms with Gasteiger partial charge in [0, 0.05) is 17.1 Å². The molecule has 0 amide bonds. The first-order valence-electron chi connectivity index (χ1n) is 9.91. The molecule has 0 heterocycles. The molecule has 4 heteroatoms. The van der Waals surface area contributed by atoms with Crippen molar-refractivity contribution in [3.05, 3.63) is 11.3 Å². The highest BCUT2D eigenvalue weighted by molar-refractivity contribution is 8.14. The SMILES string of the molecule is CC1=C(O[Si](C)(C)C)CC[C@@H]1[C@@H](CCCC(C)C)C(=O)SC(C)(C)C. The first-order valence-corrected chi connectivity index (χ1v) is 14.1. The van der Waals surface area contributed by atoms with Crippen molar-refractivity contribution in [1.29, 1.82) is 0 Å². The summed E-state index contributed by atoms with van der Waals surface area (Å²) in [5.74, 6) is 2.41. The first-order chi connectivity index (χ1) is 11.3. The molecule has 0 radical (unpaired) electrons. The van der Waals surface area contributed by atoms with Crippen LogP contribution in [-0.2, 0) is 9.22 Å². The molecule has 1 rings (SSSR count). The third kappa shape index (κ3) is 8.34. The molecule has 0 spiro atoms. The zero-order valence-corrected chi connectivity index (χ0v) is 19.8. The van der Waals surface area contributed by atoms with E-state index in [1.165, 1.54) is 29.5 Å². The van der Waals surface area contributed by atoms with Crippen molar-refractivity contribution in [2.75, 3.05) is 0 Å². The van der Waals surface area contributed by atoms with Gasteiger partial charge >= 0.3 is 0 Å². The molecule has 0 aromatic rings. The molecule has 0 saturated heterocycles. The zero-order valence-electron chi connectivity index (χ0n) is 18.0. The summed E-state index contributed by atoms with van der Waals surface area (Å²) in [7, 11) is -1.58. The molecule has 1 aliphatic carbocycles. The van der Waals surface area contributed by atoms with Crippen LogP contribution >= 0.6 is 11.8 Å². The fraction of sp³-hybridized carbons (Fsp3) is 0.857. The lowest BCUT2D eigenvalue weighted by atomic mass is 9.84. The van der Waals surface area contributed by atoms with Gasteiger partial charge in [-0.3, -0.25) is 4.79 Å². The second-order valence-corrected chi connectivity index (χ2v) is 16.2. The summed E-state index contributed by atoms with van der Waals surface area (Å²) >= 11 is 1.53. The van der Waals surface area contributed by atoms with Gasteiger partial charge in [-0.2, -0.15) is 0 Å². The average molecular weight is 385 g/mol. The van der Waals surface area contributed by atoms with E-state index in [4.69, 9.17) is 4.43 Å². The maximum absolute atomic E-state index is 13.1. The zero-order chi connectivity index (χ0) is 19.4. The Morgan fingerprint density at radius 3 is 2.32 bits per heavy atom. The number of thioether (sulfide) groups is 1. The Balaban J connectivity index is 2.92. The van der Waals surface area contributed by atoms with Gasteiger partial charge in [0.2, 0.25) is 8.32 Å². The van der Waals surface area contributed by atoms with Crippen LogP contribution in [0.25, 0.3) is 0 Å². The highest BCUT2D eigenvalue weighted by Gasteiger charge is 2.37. The quantitative estimate of drug-likeness (QED) is 0.420. The molecule has 1 aliphatic rings. The summed E-state index contributed by atoms with van der Waals surface area (Å²) in [5.41, 5.74) is 1.35. The number of hydrogen-bond donors (Lipinski definition) is 0. The first kappa shape index (κ1) is 22.8. The van der Waals surface area contributed by atoms with E-state index < -0.39 is 8.32 Å². The summed E-state index contributed by atoms with van der Waals surface area (Å²) in [6.07, 6.45) is 5.45. The Morgan fingerprint density at radius 2 is 1.84 bits per heavy atom. The van der Waals surface area contributed by atoms with E-state index >= 15 is 0 Å².